The maximum Gasteiger partial charge on any atom is 0.142 e. The molecule has 0 aliphatic carbocycles. The van der Waals surface area contributed by atoms with Crippen LogP contribution in [0, 0.1) is 12.7 Å². The van der Waals surface area contributed by atoms with E-state index in [1.54, 1.807) is 6.07 Å². The van der Waals surface area contributed by atoms with Gasteiger partial charge in [-0.2, -0.15) is 0 Å². The number of benzene rings is 2. The van der Waals surface area contributed by atoms with Crippen molar-refractivity contribution < 1.29 is 4.39 Å². The van der Waals surface area contributed by atoms with Gasteiger partial charge in [0, 0.05) is 11.1 Å². The Morgan fingerprint density at radius 3 is 2.62 bits per heavy atom. The number of nitrogens with one attached hydrogen (secondary N) is 1. The maximum absolute atomic E-state index is 13.6. The zero-order valence-electron chi connectivity index (χ0n) is 12.1. The molecule has 2 aromatic rings. The number of halogens is 3. The van der Waals surface area contributed by atoms with Gasteiger partial charge >= 0.3 is 0 Å². The molecule has 1 N–H and O–H groups in total. The third-order valence-electron chi connectivity index (χ3n) is 3.44. The molecule has 0 spiro atoms. The van der Waals surface area contributed by atoms with Gasteiger partial charge in [0.15, 0.2) is 0 Å². The van der Waals surface area contributed by atoms with Gasteiger partial charge in [-0.05, 0) is 48.7 Å². The van der Waals surface area contributed by atoms with Gasteiger partial charge in [-0.3, -0.25) is 0 Å². The smallest absolute Gasteiger partial charge is 0.142 e. The van der Waals surface area contributed by atoms with E-state index < -0.39 is 0 Å². The van der Waals surface area contributed by atoms with Crippen LogP contribution in [0.3, 0.4) is 0 Å². The second-order valence-corrected chi connectivity index (χ2v) is 5.84. The summed E-state index contributed by atoms with van der Waals surface area (Å²) in [6.45, 7) is 4.82. The summed E-state index contributed by atoms with van der Waals surface area (Å²) < 4.78 is 13.6. The van der Waals surface area contributed by atoms with Crippen LogP contribution in [0.15, 0.2) is 36.4 Å². The lowest BCUT2D eigenvalue weighted by molar-refractivity contribution is 0.547. The van der Waals surface area contributed by atoms with Crippen molar-refractivity contribution in [1.82, 2.24) is 5.32 Å². The number of hydrogen-bond donors (Lipinski definition) is 1. The summed E-state index contributed by atoms with van der Waals surface area (Å²) in [6, 6.07) is 10.9. The summed E-state index contributed by atoms with van der Waals surface area (Å²) >= 11 is 12.4. The van der Waals surface area contributed by atoms with E-state index >= 15 is 0 Å². The second kappa shape index (κ2) is 7.26. The van der Waals surface area contributed by atoms with E-state index in [4.69, 9.17) is 23.2 Å². The predicted molar refractivity (Wildman–Crippen MR) is 87.7 cm³/mol. The molecule has 0 saturated carbocycles. The van der Waals surface area contributed by atoms with Crippen LogP contribution in [0.2, 0.25) is 10.0 Å². The van der Waals surface area contributed by atoms with Crippen LogP contribution in [0.1, 0.15) is 29.7 Å². The summed E-state index contributed by atoms with van der Waals surface area (Å²) in [7, 11) is 0. The molecule has 0 saturated heterocycles. The monoisotopic (exact) mass is 325 g/mol. The van der Waals surface area contributed by atoms with Crippen LogP contribution in [-0.2, 0) is 6.42 Å². The second-order valence-electron chi connectivity index (χ2n) is 5.05. The van der Waals surface area contributed by atoms with Crippen molar-refractivity contribution in [2.75, 3.05) is 6.54 Å². The van der Waals surface area contributed by atoms with Gasteiger partial charge in [-0.15, -0.1) is 0 Å². The Kier molecular flexibility index (Phi) is 5.63. The minimum absolute atomic E-state index is 0.00222. The summed E-state index contributed by atoms with van der Waals surface area (Å²) in [5.74, 6) is -0.389. The quantitative estimate of drug-likeness (QED) is 0.782. The molecular formula is C17H18Cl2FN. The molecule has 2 aromatic carbocycles. The zero-order chi connectivity index (χ0) is 15.4. The van der Waals surface area contributed by atoms with Gasteiger partial charge in [0.05, 0.1) is 5.02 Å². The molecule has 21 heavy (non-hydrogen) atoms. The van der Waals surface area contributed by atoms with Crippen LogP contribution >= 0.6 is 23.2 Å². The van der Waals surface area contributed by atoms with Gasteiger partial charge in [0.1, 0.15) is 5.82 Å². The summed E-state index contributed by atoms with van der Waals surface area (Å²) in [5.41, 5.74) is 2.89. The van der Waals surface area contributed by atoms with E-state index in [-0.39, 0.29) is 16.9 Å². The first-order chi connectivity index (χ1) is 10.0. The molecular weight excluding hydrogens is 308 g/mol. The van der Waals surface area contributed by atoms with E-state index in [0.29, 0.717) is 11.4 Å². The molecule has 1 unspecified atom stereocenters. The van der Waals surface area contributed by atoms with Gasteiger partial charge in [0.25, 0.3) is 0 Å². The Bertz CT molecular complexity index is 628. The number of likely N-dealkylation sites (N-methyl/N-ethyl adjacent to an activating group) is 1. The average Bonchev–Trinajstić information content (AvgIpc) is 2.43. The Morgan fingerprint density at radius 1 is 1.19 bits per heavy atom. The highest BCUT2D eigenvalue weighted by Crippen LogP contribution is 2.29. The summed E-state index contributed by atoms with van der Waals surface area (Å²) in [6.07, 6.45) is 0.590. The highest BCUT2D eigenvalue weighted by molar-refractivity contribution is 6.32. The fourth-order valence-electron chi connectivity index (χ4n) is 2.38. The molecule has 1 nitrogen and oxygen atoms in total. The summed E-state index contributed by atoms with van der Waals surface area (Å²) in [4.78, 5) is 0. The van der Waals surface area contributed by atoms with E-state index in [1.165, 1.54) is 6.07 Å². The SMILES string of the molecule is CCNC(Cc1cccc(F)c1Cl)c1ccc(C)cc1Cl. The third-order valence-corrected chi connectivity index (χ3v) is 4.19. The first kappa shape index (κ1) is 16.3. The molecule has 0 heterocycles. The van der Waals surface area contributed by atoms with Crippen molar-refractivity contribution in [2.45, 2.75) is 26.3 Å². The molecule has 0 aliphatic rings. The van der Waals surface area contributed by atoms with Crippen LogP contribution in [0.5, 0.6) is 0 Å². The minimum atomic E-state index is -0.389. The third kappa shape index (κ3) is 3.97. The Hall–Kier alpha value is -1.09. The van der Waals surface area contributed by atoms with Crippen molar-refractivity contribution in [1.29, 1.82) is 0 Å². The van der Waals surface area contributed by atoms with Crippen molar-refractivity contribution in [3.05, 3.63) is 69.0 Å². The number of rotatable bonds is 5. The lowest BCUT2D eigenvalue weighted by Gasteiger charge is -2.21. The largest absolute Gasteiger partial charge is 0.310 e. The van der Waals surface area contributed by atoms with Crippen molar-refractivity contribution in [2.24, 2.45) is 0 Å². The topological polar surface area (TPSA) is 12.0 Å². The molecule has 0 aliphatic heterocycles. The standard InChI is InChI=1S/C17H18Cl2FN/c1-3-21-16(13-8-7-11(2)9-14(13)18)10-12-5-4-6-15(20)17(12)19/h4-9,16,21H,3,10H2,1-2H3. The average molecular weight is 326 g/mol. The van der Waals surface area contributed by atoms with Crippen molar-refractivity contribution >= 4 is 23.2 Å². The van der Waals surface area contributed by atoms with Crippen molar-refractivity contribution in [3.8, 4) is 0 Å². The lowest BCUT2D eigenvalue weighted by atomic mass is 9.97. The molecule has 112 valence electrons. The Balaban J connectivity index is 2.33. The Labute approximate surface area is 135 Å². The highest BCUT2D eigenvalue weighted by Gasteiger charge is 2.17. The normalized spacial score (nSPS) is 12.4. The molecule has 1 atom stereocenters. The maximum atomic E-state index is 13.6. The van der Waals surface area contributed by atoms with E-state index in [1.807, 2.05) is 38.1 Å². The number of hydrogen-bond acceptors (Lipinski definition) is 1. The van der Waals surface area contributed by atoms with Crippen LogP contribution in [0.25, 0.3) is 0 Å². The molecule has 0 aromatic heterocycles. The predicted octanol–water partition coefficient (Wildman–Crippen LogP) is 5.33. The molecule has 0 bridgehead atoms. The van der Waals surface area contributed by atoms with Gasteiger partial charge < -0.3 is 5.32 Å². The Morgan fingerprint density at radius 2 is 1.95 bits per heavy atom. The van der Waals surface area contributed by atoms with Gasteiger partial charge in [-0.1, -0.05) is 54.4 Å². The number of aryl methyl sites for hydroxylation is 1. The first-order valence-corrected chi connectivity index (χ1v) is 7.70. The fourth-order valence-corrected chi connectivity index (χ4v) is 2.95. The summed E-state index contributed by atoms with van der Waals surface area (Å²) in [5, 5.41) is 4.29. The van der Waals surface area contributed by atoms with Gasteiger partial charge in [-0.25, -0.2) is 4.39 Å². The molecule has 4 heteroatoms. The molecule has 0 amide bonds. The minimum Gasteiger partial charge on any atom is -0.310 e. The molecule has 0 fully saturated rings. The first-order valence-electron chi connectivity index (χ1n) is 6.95. The fraction of sp³-hybridized carbons (Fsp3) is 0.294. The van der Waals surface area contributed by atoms with E-state index in [9.17, 15) is 4.39 Å². The highest BCUT2D eigenvalue weighted by atomic mass is 35.5. The van der Waals surface area contributed by atoms with Crippen molar-refractivity contribution in [3.63, 3.8) is 0 Å². The van der Waals surface area contributed by atoms with Crippen LogP contribution in [-0.4, -0.2) is 6.54 Å². The molecule has 2 rings (SSSR count). The van der Waals surface area contributed by atoms with Crippen LogP contribution < -0.4 is 5.32 Å². The molecule has 0 radical (unpaired) electrons. The van der Waals surface area contributed by atoms with E-state index in [2.05, 4.69) is 5.32 Å². The lowest BCUT2D eigenvalue weighted by Crippen LogP contribution is -2.23. The van der Waals surface area contributed by atoms with Crippen LogP contribution in [0.4, 0.5) is 4.39 Å². The zero-order valence-corrected chi connectivity index (χ0v) is 13.6. The van der Waals surface area contributed by atoms with E-state index in [0.717, 1.165) is 23.2 Å². The van der Waals surface area contributed by atoms with Gasteiger partial charge in [0.2, 0.25) is 0 Å².